The molecule has 2 atom stereocenters. The zero-order chi connectivity index (χ0) is 19.2. The maximum atomic E-state index is 11.0. The Morgan fingerprint density at radius 2 is 1.86 bits per heavy atom. The lowest BCUT2D eigenvalue weighted by Gasteiger charge is -2.39. The fourth-order valence-electron chi connectivity index (χ4n) is 4.98. The van der Waals surface area contributed by atoms with Crippen molar-refractivity contribution in [3.05, 3.63) is 70.8 Å². The molecule has 2 heterocycles. The SMILES string of the molecule is O=CCCC1CCN(Cc2ccccc2)CC1c1ccc2c(c1)CCNCC2. The van der Waals surface area contributed by atoms with Crippen LogP contribution in [0.1, 0.15) is 47.4 Å². The molecular weight excluding hydrogens is 344 g/mol. The van der Waals surface area contributed by atoms with E-state index in [1.165, 1.54) is 28.7 Å². The van der Waals surface area contributed by atoms with Crippen LogP contribution in [0, 0.1) is 5.92 Å². The summed E-state index contributed by atoms with van der Waals surface area (Å²) in [6.45, 7) is 5.41. The molecule has 1 fully saturated rings. The number of carbonyl (C=O) groups is 1. The Morgan fingerprint density at radius 1 is 1.04 bits per heavy atom. The molecule has 0 amide bonds. The molecule has 0 bridgehead atoms. The van der Waals surface area contributed by atoms with E-state index in [1.54, 1.807) is 0 Å². The first-order chi connectivity index (χ1) is 13.8. The molecule has 4 rings (SSSR count). The van der Waals surface area contributed by atoms with Gasteiger partial charge < -0.3 is 10.1 Å². The van der Waals surface area contributed by atoms with Crippen LogP contribution in [0.25, 0.3) is 0 Å². The highest BCUT2D eigenvalue weighted by Crippen LogP contribution is 2.36. The van der Waals surface area contributed by atoms with Gasteiger partial charge in [-0.15, -0.1) is 0 Å². The van der Waals surface area contributed by atoms with Gasteiger partial charge in [0, 0.05) is 19.5 Å². The smallest absolute Gasteiger partial charge is 0.120 e. The van der Waals surface area contributed by atoms with Gasteiger partial charge in [0.2, 0.25) is 0 Å². The van der Waals surface area contributed by atoms with Crippen molar-refractivity contribution in [3.8, 4) is 0 Å². The Labute approximate surface area is 169 Å². The zero-order valence-corrected chi connectivity index (χ0v) is 16.8. The molecule has 0 spiro atoms. The third-order valence-corrected chi connectivity index (χ3v) is 6.55. The minimum atomic E-state index is 0.527. The molecular formula is C25H32N2O. The first-order valence-corrected chi connectivity index (χ1v) is 10.9. The second-order valence-electron chi connectivity index (χ2n) is 8.40. The van der Waals surface area contributed by atoms with Crippen molar-refractivity contribution in [1.29, 1.82) is 0 Å². The highest BCUT2D eigenvalue weighted by molar-refractivity contribution is 5.49. The molecule has 0 aromatic heterocycles. The Kier molecular flexibility index (Phi) is 6.56. The summed E-state index contributed by atoms with van der Waals surface area (Å²) in [5.74, 6) is 1.14. The number of hydrogen-bond acceptors (Lipinski definition) is 3. The summed E-state index contributed by atoms with van der Waals surface area (Å²) in [5.41, 5.74) is 5.90. The van der Waals surface area contributed by atoms with E-state index in [9.17, 15) is 4.79 Å². The number of piperidine rings is 1. The number of hydrogen-bond donors (Lipinski definition) is 1. The van der Waals surface area contributed by atoms with Crippen molar-refractivity contribution in [2.75, 3.05) is 26.2 Å². The van der Waals surface area contributed by atoms with Crippen LogP contribution in [-0.2, 0) is 24.2 Å². The number of carbonyl (C=O) groups excluding carboxylic acids is 1. The largest absolute Gasteiger partial charge is 0.316 e. The van der Waals surface area contributed by atoms with E-state index < -0.39 is 0 Å². The summed E-state index contributed by atoms with van der Waals surface area (Å²) in [6, 6.07) is 18.0. The van der Waals surface area contributed by atoms with Crippen LogP contribution in [0.2, 0.25) is 0 Å². The standard InChI is InChI=1S/C25H32N2O/c28-16-4-7-22-12-15-27(18-20-5-2-1-3-6-20)19-25(22)24-9-8-21-10-13-26-14-11-23(21)17-24/h1-3,5-6,8-9,16-17,22,25-26H,4,7,10-15,18-19H2. The van der Waals surface area contributed by atoms with Gasteiger partial charge >= 0.3 is 0 Å². The fourth-order valence-corrected chi connectivity index (χ4v) is 4.98. The average molecular weight is 377 g/mol. The number of nitrogens with one attached hydrogen (secondary N) is 1. The molecule has 1 N–H and O–H groups in total. The van der Waals surface area contributed by atoms with Gasteiger partial charge in [-0.3, -0.25) is 4.90 Å². The van der Waals surface area contributed by atoms with Crippen LogP contribution in [0.4, 0.5) is 0 Å². The van der Waals surface area contributed by atoms with Crippen molar-refractivity contribution in [3.63, 3.8) is 0 Å². The second kappa shape index (κ2) is 9.49. The predicted molar refractivity (Wildman–Crippen MR) is 115 cm³/mol. The van der Waals surface area contributed by atoms with Crippen LogP contribution < -0.4 is 5.32 Å². The van der Waals surface area contributed by atoms with Gasteiger partial charge in [0.05, 0.1) is 0 Å². The molecule has 28 heavy (non-hydrogen) atoms. The summed E-state index contributed by atoms with van der Waals surface area (Å²) in [6.07, 6.45) is 6.25. The number of likely N-dealkylation sites (tertiary alicyclic amines) is 1. The Hall–Kier alpha value is -1.97. The topological polar surface area (TPSA) is 32.3 Å². The lowest BCUT2D eigenvalue weighted by molar-refractivity contribution is -0.108. The quantitative estimate of drug-likeness (QED) is 0.775. The number of fused-ring (bicyclic) bond motifs is 1. The van der Waals surface area contributed by atoms with Crippen molar-refractivity contribution in [2.24, 2.45) is 5.92 Å². The third kappa shape index (κ3) is 4.71. The summed E-state index contributed by atoms with van der Waals surface area (Å²) in [5, 5.41) is 3.52. The van der Waals surface area contributed by atoms with Crippen LogP contribution in [-0.4, -0.2) is 37.4 Å². The number of aldehydes is 1. The lowest BCUT2D eigenvalue weighted by Crippen LogP contribution is -2.39. The van der Waals surface area contributed by atoms with Crippen LogP contribution in [0.15, 0.2) is 48.5 Å². The van der Waals surface area contributed by atoms with Gasteiger partial charge in [-0.25, -0.2) is 0 Å². The monoisotopic (exact) mass is 376 g/mol. The lowest BCUT2D eigenvalue weighted by atomic mass is 9.77. The molecule has 2 aromatic rings. The van der Waals surface area contributed by atoms with E-state index in [1.807, 2.05) is 0 Å². The number of rotatable bonds is 6. The van der Waals surface area contributed by atoms with Crippen molar-refractivity contribution in [2.45, 2.75) is 44.6 Å². The maximum Gasteiger partial charge on any atom is 0.120 e. The van der Waals surface area contributed by atoms with Crippen LogP contribution >= 0.6 is 0 Å². The van der Waals surface area contributed by atoms with E-state index in [4.69, 9.17) is 0 Å². The van der Waals surface area contributed by atoms with Crippen molar-refractivity contribution in [1.82, 2.24) is 10.2 Å². The van der Waals surface area contributed by atoms with Crippen molar-refractivity contribution < 1.29 is 4.79 Å². The zero-order valence-electron chi connectivity index (χ0n) is 16.8. The van der Waals surface area contributed by atoms with Crippen LogP contribution in [0.3, 0.4) is 0 Å². The molecule has 0 aliphatic carbocycles. The normalized spacial score (nSPS) is 23.0. The summed E-state index contributed by atoms with van der Waals surface area (Å²) in [7, 11) is 0. The van der Waals surface area contributed by atoms with Crippen LogP contribution in [0.5, 0.6) is 0 Å². The first kappa shape index (κ1) is 19.4. The van der Waals surface area contributed by atoms with Gasteiger partial charge in [0.1, 0.15) is 6.29 Å². The summed E-state index contributed by atoms with van der Waals surface area (Å²) >= 11 is 0. The molecule has 148 valence electrons. The maximum absolute atomic E-state index is 11.0. The molecule has 0 radical (unpaired) electrons. The van der Waals surface area contributed by atoms with Gasteiger partial charge in [-0.1, -0.05) is 48.5 Å². The highest BCUT2D eigenvalue weighted by Gasteiger charge is 2.30. The predicted octanol–water partition coefficient (Wildman–Crippen LogP) is 3.96. The highest BCUT2D eigenvalue weighted by atomic mass is 16.1. The molecule has 2 aliphatic rings. The Bertz CT molecular complexity index is 773. The van der Waals surface area contributed by atoms with Gasteiger partial charge in [0.25, 0.3) is 0 Å². The van der Waals surface area contributed by atoms with Gasteiger partial charge in [0.15, 0.2) is 0 Å². The van der Waals surface area contributed by atoms with E-state index >= 15 is 0 Å². The molecule has 2 aliphatic heterocycles. The molecule has 3 heteroatoms. The fraction of sp³-hybridized carbons (Fsp3) is 0.480. The number of benzene rings is 2. The Morgan fingerprint density at radius 3 is 2.68 bits per heavy atom. The van der Waals surface area contributed by atoms with E-state index in [-0.39, 0.29) is 0 Å². The molecule has 3 nitrogen and oxygen atoms in total. The minimum absolute atomic E-state index is 0.527. The summed E-state index contributed by atoms with van der Waals surface area (Å²) in [4.78, 5) is 13.6. The van der Waals surface area contributed by atoms with Gasteiger partial charge in [-0.05, 0) is 79.4 Å². The molecule has 0 saturated carbocycles. The van der Waals surface area contributed by atoms with E-state index in [0.29, 0.717) is 18.3 Å². The molecule has 1 saturated heterocycles. The molecule has 2 unspecified atom stereocenters. The van der Waals surface area contributed by atoms with E-state index in [0.717, 1.165) is 58.3 Å². The third-order valence-electron chi connectivity index (χ3n) is 6.55. The summed E-state index contributed by atoms with van der Waals surface area (Å²) < 4.78 is 0. The average Bonchev–Trinajstić information content (AvgIpc) is 2.98. The Balaban J connectivity index is 1.54. The first-order valence-electron chi connectivity index (χ1n) is 10.9. The molecule has 2 aromatic carbocycles. The number of nitrogens with zero attached hydrogens (tertiary/aromatic N) is 1. The van der Waals surface area contributed by atoms with Crippen molar-refractivity contribution >= 4 is 6.29 Å². The minimum Gasteiger partial charge on any atom is -0.316 e. The van der Waals surface area contributed by atoms with Gasteiger partial charge in [-0.2, -0.15) is 0 Å². The van der Waals surface area contributed by atoms with E-state index in [2.05, 4.69) is 58.7 Å². The second-order valence-corrected chi connectivity index (χ2v) is 8.40.